The van der Waals surface area contributed by atoms with Gasteiger partial charge in [0.05, 0.1) is 11.5 Å². The van der Waals surface area contributed by atoms with Crippen molar-refractivity contribution in [3.63, 3.8) is 0 Å². The lowest BCUT2D eigenvalue weighted by Crippen LogP contribution is -2.27. The third-order valence-electron chi connectivity index (χ3n) is 3.15. The maximum absolute atomic E-state index is 12.2. The van der Waals surface area contributed by atoms with Gasteiger partial charge in [-0.05, 0) is 26.5 Å². The molecule has 6 nitrogen and oxygen atoms in total. The number of hydrogen-bond acceptors (Lipinski definition) is 4. The van der Waals surface area contributed by atoms with E-state index in [0.717, 1.165) is 25.1 Å². The molecule has 0 spiro atoms. The number of ether oxygens (including phenoxy) is 1. The van der Waals surface area contributed by atoms with E-state index in [0.29, 0.717) is 31.2 Å². The van der Waals surface area contributed by atoms with Gasteiger partial charge >= 0.3 is 0 Å². The van der Waals surface area contributed by atoms with E-state index >= 15 is 0 Å². The molecule has 2 N–H and O–H groups in total. The highest BCUT2D eigenvalue weighted by Crippen LogP contribution is 2.14. The highest BCUT2D eigenvalue weighted by Gasteiger charge is 2.17. The number of nitrogens with zero attached hydrogens (tertiary/aromatic N) is 1. The number of aromatic nitrogens is 1. The average Bonchev–Trinajstić information content (AvgIpc) is 2.87. The van der Waals surface area contributed by atoms with E-state index in [1.807, 2.05) is 18.5 Å². The third kappa shape index (κ3) is 5.78. The van der Waals surface area contributed by atoms with Crippen molar-refractivity contribution in [2.24, 2.45) is 0 Å². The molecule has 122 valence electrons. The molecule has 0 bridgehead atoms. The summed E-state index contributed by atoms with van der Waals surface area (Å²) in [5.41, 5.74) is 0.958. The van der Waals surface area contributed by atoms with Gasteiger partial charge in [-0.15, -0.1) is 0 Å². The van der Waals surface area contributed by atoms with E-state index in [-0.39, 0.29) is 0 Å². The smallest absolute Gasteiger partial charge is 0.242 e. The van der Waals surface area contributed by atoms with Crippen molar-refractivity contribution >= 4 is 10.0 Å². The van der Waals surface area contributed by atoms with Gasteiger partial charge in [-0.25, -0.2) is 13.1 Å². The third-order valence-corrected chi connectivity index (χ3v) is 4.58. The molecular weight excluding hydrogens is 290 g/mol. The number of nitrogens with one attached hydrogen (secondary N) is 2. The van der Waals surface area contributed by atoms with Crippen molar-refractivity contribution < 1.29 is 13.2 Å². The van der Waals surface area contributed by atoms with Crippen molar-refractivity contribution in [2.45, 2.75) is 44.7 Å². The summed E-state index contributed by atoms with van der Waals surface area (Å²) in [5.74, 6) is 0. The van der Waals surface area contributed by atoms with Crippen LogP contribution >= 0.6 is 0 Å². The quantitative estimate of drug-likeness (QED) is 0.604. The highest BCUT2D eigenvalue weighted by molar-refractivity contribution is 7.89. The lowest BCUT2D eigenvalue weighted by molar-refractivity contribution is 0.136. The number of aryl methyl sites for hydroxylation is 1. The van der Waals surface area contributed by atoms with Crippen LogP contribution in [-0.4, -0.2) is 39.8 Å². The van der Waals surface area contributed by atoms with Crippen LogP contribution in [0.5, 0.6) is 0 Å². The second-order valence-corrected chi connectivity index (χ2v) is 6.61. The van der Waals surface area contributed by atoms with Gasteiger partial charge < -0.3 is 14.6 Å². The Kier molecular flexibility index (Phi) is 7.95. The molecule has 0 saturated carbocycles. The molecule has 1 heterocycles. The SMILES string of the molecule is CCCCOCCNS(=O)(=O)c1cc(CNC)n(CC)c1. The number of unbranched alkanes of at least 4 members (excludes halogenated alkanes) is 1. The summed E-state index contributed by atoms with van der Waals surface area (Å²) >= 11 is 0. The molecule has 0 aliphatic rings. The van der Waals surface area contributed by atoms with Crippen molar-refractivity contribution in [3.8, 4) is 0 Å². The minimum Gasteiger partial charge on any atom is -0.380 e. The fourth-order valence-electron chi connectivity index (χ4n) is 1.98. The molecule has 7 heteroatoms. The molecule has 0 aromatic carbocycles. The van der Waals surface area contributed by atoms with Crippen molar-refractivity contribution in [3.05, 3.63) is 18.0 Å². The summed E-state index contributed by atoms with van der Waals surface area (Å²) in [5, 5.41) is 3.04. The summed E-state index contributed by atoms with van der Waals surface area (Å²) in [4.78, 5) is 0.308. The first kappa shape index (κ1) is 18.2. The summed E-state index contributed by atoms with van der Waals surface area (Å²) in [7, 11) is -1.62. The molecule has 0 fully saturated rings. The molecule has 0 amide bonds. The first-order chi connectivity index (χ1) is 10.0. The van der Waals surface area contributed by atoms with E-state index in [1.165, 1.54) is 0 Å². The summed E-state index contributed by atoms with van der Waals surface area (Å²) in [6.07, 6.45) is 3.75. The number of sulfonamides is 1. The van der Waals surface area contributed by atoms with Gasteiger partial charge in [-0.1, -0.05) is 13.3 Å². The second kappa shape index (κ2) is 9.19. The molecule has 0 radical (unpaired) electrons. The minimum atomic E-state index is -3.46. The van der Waals surface area contributed by atoms with Gasteiger partial charge in [0.25, 0.3) is 0 Å². The molecule has 0 aliphatic heterocycles. The molecule has 1 rings (SSSR count). The zero-order valence-electron chi connectivity index (χ0n) is 13.2. The minimum absolute atomic E-state index is 0.296. The normalized spacial score (nSPS) is 12.0. The maximum atomic E-state index is 12.2. The molecule has 21 heavy (non-hydrogen) atoms. The van der Waals surface area contributed by atoms with Gasteiger partial charge in [0.15, 0.2) is 0 Å². The zero-order valence-corrected chi connectivity index (χ0v) is 14.0. The monoisotopic (exact) mass is 317 g/mol. The highest BCUT2D eigenvalue weighted by atomic mass is 32.2. The van der Waals surface area contributed by atoms with Gasteiger partial charge in [0, 0.05) is 38.1 Å². The lowest BCUT2D eigenvalue weighted by atomic mass is 10.4. The average molecular weight is 317 g/mol. The Labute approximate surface area is 127 Å². The van der Waals surface area contributed by atoms with Crippen molar-refractivity contribution in [2.75, 3.05) is 26.8 Å². The van der Waals surface area contributed by atoms with E-state index in [1.54, 1.807) is 12.3 Å². The van der Waals surface area contributed by atoms with Crippen LogP contribution in [0.2, 0.25) is 0 Å². The fourth-order valence-corrected chi connectivity index (χ4v) is 3.05. The first-order valence-electron chi connectivity index (χ1n) is 7.46. The Bertz CT molecular complexity index is 512. The molecule has 1 aromatic heterocycles. The zero-order chi connectivity index (χ0) is 15.7. The number of hydrogen-bond donors (Lipinski definition) is 2. The Morgan fingerprint density at radius 2 is 2.05 bits per heavy atom. The van der Waals surface area contributed by atoms with Crippen LogP contribution in [0.4, 0.5) is 0 Å². The maximum Gasteiger partial charge on any atom is 0.242 e. The van der Waals surface area contributed by atoms with E-state index in [2.05, 4.69) is 17.0 Å². The molecule has 0 atom stereocenters. The second-order valence-electron chi connectivity index (χ2n) is 4.85. The van der Waals surface area contributed by atoms with Crippen molar-refractivity contribution in [1.82, 2.24) is 14.6 Å². The van der Waals surface area contributed by atoms with Crippen LogP contribution < -0.4 is 10.0 Å². The predicted octanol–water partition coefficient (Wildman–Crippen LogP) is 1.32. The van der Waals surface area contributed by atoms with Gasteiger partial charge in [-0.2, -0.15) is 0 Å². The Hall–Kier alpha value is -0.890. The molecule has 1 aromatic rings. The Morgan fingerprint density at radius 3 is 2.67 bits per heavy atom. The van der Waals surface area contributed by atoms with Crippen LogP contribution in [0.15, 0.2) is 17.2 Å². The first-order valence-corrected chi connectivity index (χ1v) is 8.94. The van der Waals surface area contributed by atoms with Crippen molar-refractivity contribution in [1.29, 1.82) is 0 Å². The molecular formula is C14H27N3O3S. The Balaban J connectivity index is 2.57. The topological polar surface area (TPSA) is 72.4 Å². The van der Waals surface area contributed by atoms with Crippen LogP contribution in [0.25, 0.3) is 0 Å². The molecule has 0 saturated heterocycles. The molecule has 0 aliphatic carbocycles. The van der Waals surface area contributed by atoms with E-state index in [9.17, 15) is 8.42 Å². The predicted molar refractivity (Wildman–Crippen MR) is 83.8 cm³/mol. The van der Waals surface area contributed by atoms with Gasteiger partial charge in [-0.3, -0.25) is 0 Å². The molecule has 0 unspecified atom stereocenters. The van der Waals surface area contributed by atoms with Gasteiger partial charge in [0.2, 0.25) is 10.0 Å². The van der Waals surface area contributed by atoms with Gasteiger partial charge in [0.1, 0.15) is 0 Å². The van der Waals surface area contributed by atoms with Crippen LogP contribution in [0, 0.1) is 0 Å². The number of rotatable bonds is 11. The largest absolute Gasteiger partial charge is 0.380 e. The van der Waals surface area contributed by atoms with Crippen LogP contribution in [0.3, 0.4) is 0 Å². The van der Waals surface area contributed by atoms with Crippen LogP contribution in [-0.2, 0) is 27.8 Å². The summed E-state index contributed by atoms with van der Waals surface area (Å²) in [6.45, 7) is 6.84. The summed E-state index contributed by atoms with van der Waals surface area (Å²) in [6, 6.07) is 1.71. The van der Waals surface area contributed by atoms with E-state index < -0.39 is 10.0 Å². The van der Waals surface area contributed by atoms with E-state index in [4.69, 9.17) is 4.74 Å². The standard InChI is InChI=1S/C14H27N3O3S/c1-4-6-8-20-9-7-16-21(18,19)14-10-13(11-15-3)17(5-2)12-14/h10,12,15-16H,4-9,11H2,1-3H3. The fraction of sp³-hybridized carbons (Fsp3) is 0.714. The lowest BCUT2D eigenvalue weighted by Gasteiger charge is -2.06. The van der Waals surface area contributed by atoms with Crippen LogP contribution in [0.1, 0.15) is 32.4 Å². The Morgan fingerprint density at radius 1 is 1.29 bits per heavy atom. The summed E-state index contributed by atoms with van der Waals surface area (Å²) < 4.78 is 34.3.